The SMILES string of the molecule is CC(=O)c1cccc(NC(=O)CCCn2c(=O)c3cccn3c3cccnc32)c1. The largest absolute Gasteiger partial charge is 0.326 e. The fourth-order valence-electron chi connectivity index (χ4n) is 3.43. The first-order valence-corrected chi connectivity index (χ1v) is 9.40. The number of amides is 1. The molecule has 29 heavy (non-hydrogen) atoms. The van der Waals surface area contributed by atoms with Gasteiger partial charge in [0.15, 0.2) is 11.4 Å². The van der Waals surface area contributed by atoms with Crippen molar-refractivity contribution in [3.05, 3.63) is 76.8 Å². The van der Waals surface area contributed by atoms with E-state index in [1.165, 1.54) is 6.92 Å². The number of hydrogen-bond acceptors (Lipinski definition) is 4. The Hall–Kier alpha value is -3.74. The lowest BCUT2D eigenvalue weighted by atomic mass is 10.1. The number of aromatic nitrogens is 3. The number of fused-ring (bicyclic) bond motifs is 3. The minimum Gasteiger partial charge on any atom is -0.326 e. The monoisotopic (exact) mass is 388 g/mol. The second kappa shape index (κ2) is 7.71. The van der Waals surface area contributed by atoms with Gasteiger partial charge in [0.25, 0.3) is 5.56 Å². The standard InChI is InChI=1S/C22H20N4O3/c1-15(27)16-6-2-7-17(14-16)24-20(28)10-5-13-26-21-18(8-3-11-23-21)25-12-4-9-19(25)22(26)29/h2-4,6-9,11-12,14H,5,10,13H2,1H3,(H,24,28). The normalized spacial score (nSPS) is 11.1. The molecule has 0 aliphatic rings. The molecule has 7 nitrogen and oxygen atoms in total. The van der Waals surface area contributed by atoms with Crippen LogP contribution in [0.4, 0.5) is 5.69 Å². The Kier molecular flexibility index (Phi) is 4.95. The molecule has 3 aromatic heterocycles. The van der Waals surface area contributed by atoms with Gasteiger partial charge >= 0.3 is 0 Å². The number of carbonyl (C=O) groups excluding carboxylic acids is 2. The highest BCUT2D eigenvalue weighted by Gasteiger charge is 2.12. The van der Waals surface area contributed by atoms with Crippen LogP contribution < -0.4 is 10.9 Å². The highest BCUT2D eigenvalue weighted by Crippen LogP contribution is 2.14. The maximum Gasteiger partial charge on any atom is 0.276 e. The number of hydrogen-bond donors (Lipinski definition) is 1. The number of rotatable bonds is 6. The summed E-state index contributed by atoms with van der Waals surface area (Å²) in [5.41, 5.74) is 3.02. The highest BCUT2D eigenvalue weighted by atomic mass is 16.2. The number of nitrogens with one attached hydrogen (secondary N) is 1. The molecule has 0 spiro atoms. The number of pyridine rings is 1. The van der Waals surface area contributed by atoms with Crippen LogP contribution in [-0.4, -0.2) is 25.6 Å². The van der Waals surface area contributed by atoms with Gasteiger partial charge in [0, 0.05) is 36.6 Å². The van der Waals surface area contributed by atoms with E-state index in [2.05, 4.69) is 10.3 Å². The molecule has 0 fully saturated rings. The molecule has 0 aliphatic carbocycles. The highest BCUT2D eigenvalue weighted by molar-refractivity contribution is 5.97. The molecule has 4 rings (SSSR count). The second-order valence-electron chi connectivity index (χ2n) is 6.86. The molecule has 0 unspecified atom stereocenters. The Morgan fingerprint density at radius 3 is 2.72 bits per heavy atom. The summed E-state index contributed by atoms with van der Waals surface area (Å²) >= 11 is 0. The van der Waals surface area contributed by atoms with Gasteiger partial charge in [0.2, 0.25) is 5.91 Å². The molecule has 1 N–H and O–H groups in total. The fraction of sp³-hybridized carbons (Fsp3) is 0.182. The Morgan fingerprint density at radius 1 is 1.07 bits per heavy atom. The van der Waals surface area contributed by atoms with Gasteiger partial charge in [-0.25, -0.2) is 4.98 Å². The van der Waals surface area contributed by atoms with E-state index in [-0.39, 0.29) is 23.7 Å². The molecule has 0 aliphatic heterocycles. The van der Waals surface area contributed by atoms with Crippen LogP contribution in [0.1, 0.15) is 30.1 Å². The van der Waals surface area contributed by atoms with E-state index in [1.54, 1.807) is 41.1 Å². The van der Waals surface area contributed by atoms with E-state index < -0.39 is 0 Å². The van der Waals surface area contributed by atoms with E-state index in [4.69, 9.17) is 0 Å². The summed E-state index contributed by atoms with van der Waals surface area (Å²) in [6.45, 7) is 1.87. The molecule has 7 heteroatoms. The topological polar surface area (TPSA) is 85.5 Å². The molecule has 0 bridgehead atoms. The van der Waals surface area contributed by atoms with Gasteiger partial charge in [-0.15, -0.1) is 0 Å². The van der Waals surface area contributed by atoms with Crippen molar-refractivity contribution < 1.29 is 9.59 Å². The molecule has 0 atom stereocenters. The van der Waals surface area contributed by atoms with Gasteiger partial charge in [-0.1, -0.05) is 12.1 Å². The quantitative estimate of drug-likeness (QED) is 0.514. The number of benzene rings is 1. The lowest BCUT2D eigenvalue weighted by Gasteiger charge is -2.11. The predicted octanol–water partition coefficient (Wildman–Crippen LogP) is 3.27. The van der Waals surface area contributed by atoms with Crippen LogP contribution in [-0.2, 0) is 11.3 Å². The summed E-state index contributed by atoms with van der Waals surface area (Å²) in [4.78, 5) is 41.0. The zero-order valence-corrected chi connectivity index (χ0v) is 16.0. The summed E-state index contributed by atoms with van der Waals surface area (Å²) < 4.78 is 3.45. The van der Waals surface area contributed by atoms with Crippen LogP contribution in [0.25, 0.3) is 16.7 Å². The number of nitrogens with zero attached hydrogens (tertiary/aromatic N) is 3. The molecule has 3 heterocycles. The van der Waals surface area contributed by atoms with Crippen molar-refractivity contribution in [3.63, 3.8) is 0 Å². The Balaban J connectivity index is 1.49. The summed E-state index contributed by atoms with van der Waals surface area (Å²) in [6.07, 6.45) is 4.23. The average molecular weight is 388 g/mol. The number of anilines is 1. The number of Topliss-reactive ketones (excluding diaryl/α,β-unsaturated/α-hetero) is 1. The number of aryl methyl sites for hydroxylation is 1. The summed E-state index contributed by atoms with van der Waals surface area (Å²) in [6, 6.07) is 14.2. The number of ketones is 1. The molecular weight excluding hydrogens is 368 g/mol. The smallest absolute Gasteiger partial charge is 0.276 e. The first-order valence-electron chi connectivity index (χ1n) is 9.40. The van der Waals surface area contributed by atoms with Crippen LogP contribution in [0.15, 0.2) is 65.7 Å². The van der Waals surface area contributed by atoms with Crippen molar-refractivity contribution in [1.29, 1.82) is 0 Å². The van der Waals surface area contributed by atoms with Gasteiger partial charge in [-0.3, -0.25) is 19.0 Å². The molecule has 0 radical (unpaired) electrons. The van der Waals surface area contributed by atoms with E-state index in [0.29, 0.717) is 35.4 Å². The van der Waals surface area contributed by atoms with Crippen molar-refractivity contribution in [2.75, 3.05) is 5.32 Å². The van der Waals surface area contributed by atoms with E-state index in [0.717, 1.165) is 5.52 Å². The summed E-state index contributed by atoms with van der Waals surface area (Å²) in [7, 11) is 0. The van der Waals surface area contributed by atoms with E-state index >= 15 is 0 Å². The Bertz CT molecular complexity index is 1290. The van der Waals surface area contributed by atoms with Crippen LogP contribution in [0, 0.1) is 0 Å². The van der Waals surface area contributed by atoms with Gasteiger partial charge in [-0.05, 0) is 49.7 Å². The number of carbonyl (C=O) groups is 2. The van der Waals surface area contributed by atoms with Gasteiger partial charge in [0.1, 0.15) is 5.52 Å². The van der Waals surface area contributed by atoms with Gasteiger partial charge in [-0.2, -0.15) is 0 Å². The molecule has 1 aromatic carbocycles. The fourth-order valence-corrected chi connectivity index (χ4v) is 3.43. The lowest BCUT2D eigenvalue weighted by Crippen LogP contribution is -2.24. The first-order chi connectivity index (χ1) is 14.0. The van der Waals surface area contributed by atoms with E-state index in [1.807, 2.05) is 28.8 Å². The second-order valence-corrected chi connectivity index (χ2v) is 6.86. The molecular formula is C22H20N4O3. The maximum atomic E-state index is 12.8. The van der Waals surface area contributed by atoms with Gasteiger partial charge < -0.3 is 9.72 Å². The molecule has 0 saturated heterocycles. The van der Waals surface area contributed by atoms with Crippen molar-refractivity contribution >= 4 is 34.1 Å². The Labute approximate surface area is 166 Å². The molecule has 146 valence electrons. The molecule has 0 saturated carbocycles. The van der Waals surface area contributed by atoms with Crippen molar-refractivity contribution in [2.45, 2.75) is 26.3 Å². The zero-order valence-electron chi connectivity index (χ0n) is 16.0. The van der Waals surface area contributed by atoms with Crippen molar-refractivity contribution in [1.82, 2.24) is 14.0 Å². The summed E-state index contributed by atoms with van der Waals surface area (Å²) in [5, 5.41) is 2.80. The Morgan fingerprint density at radius 2 is 1.90 bits per heavy atom. The van der Waals surface area contributed by atoms with Crippen molar-refractivity contribution in [2.24, 2.45) is 0 Å². The van der Waals surface area contributed by atoms with Crippen LogP contribution in [0.2, 0.25) is 0 Å². The lowest BCUT2D eigenvalue weighted by molar-refractivity contribution is -0.116. The minimum atomic E-state index is -0.167. The predicted molar refractivity (Wildman–Crippen MR) is 111 cm³/mol. The third-order valence-corrected chi connectivity index (χ3v) is 4.83. The maximum absolute atomic E-state index is 12.8. The van der Waals surface area contributed by atoms with Crippen LogP contribution in [0.3, 0.4) is 0 Å². The zero-order chi connectivity index (χ0) is 20.4. The summed E-state index contributed by atoms with van der Waals surface area (Å²) in [5.74, 6) is -0.222. The first kappa shape index (κ1) is 18.6. The minimum absolute atomic E-state index is 0.0550. The average Bonchev–Trinajstić information content (AvgIpc) is 3.21. The molecule has 1 amide bonds. The van der Waals surface area contributed by atoms with Crippen molar-refractivity contribution in [3.8, 4) is 0 Å². The van der Waals surface area contributed by atoms with E-state index in [9.17, 15) is 14.4 Å². The molecule has 4 aromatic rings. The van der Waals surface area contributed by atoms with Crippen LogP contribution in [0.5, 0.6) is 0 Å². The third-order valence-electron chi connectivity index (χ3n) is 4.83. The third kappa shape index (κ3) is 3.67. The van der Waals surface area contributed by atoms with Gasteiger partial charge in [0.05, 0.1) is 5.52 Å². The van der Waals surface area contributed by atoms with Crippen LogP contribution >= 0.6 is 0 Å².